The maximum absolute atomic E-state index is 12.2. The number of halogens is 3. The van der Waals surface area contributed by atoms with Crippen molar-refractivity contribution in [3.8, 4) is 0 Å². The fourth-order valence-electron chi connectivity index (χ4n) is 1.51. The third kappa shape index (κ3) is 2.34. The molecular weight excluding hydrogens is 185 g/mol. The van der Waals surface area contributed by atoms with Gasteiger partial charge in [-0.2, -0.15) is 13.2 Å². The smallest absolute Gasteiger partial charge is 0.383 e. The predicted octanol–water partition coefficient (Wildman–Crippen LogP) is 1.73. The van der Waals surface area contributed by atoms with Gasteiger partial charge in [-0.1, -0.05) is 6.92 Å². The summed E-state index contributed by atoms with van der Waals surface area (Å²) in [7, 11) is 0. The molecule has 1 aliphatic rings. The molecule has 1 saturated heterocycles. The summed E-state index contributed by atoms with van der Waals surface area (Å²) < 4.78 is 41.5. The van der Waals surface area contributed by atoms with Crippen molar-refractivity contribution in [3.63, 3.8) is 0 Å². The van der Waals surface area contributed by atoms with Crippen LogP contribution in [0, 0.1) is 5.41 Å². The van der Waals surface area contributed by atoms with Crippen molar-refractivity contribution in [2.24, 2.45) is 5.41 Å². The minimum Gasteiger partial charge on any atom is -0.383 e. The Balaban J connectivity index is 2.67. The molecule has 0 aromatic carbocycles. The van der Waals surface area contributed by atoms with Gasteiger partial charge in [0.2, 0.25) is 0 Å². The van der Waals surface area contributed by atoms with Gasteiger partial charge in [0.15, 0.2) is 6.10 Å². The lowest BCUT2D eigenvalue weighted by molar-refractivity contribution is -0.246. The van der Waals surface area contributed by atoms with Gasteiger partial charge in [0, 0.05) is 18.6 Å². The Morgan fingerprint density at radius 3 is 2.15 bits per heavy atom. The van der Waals surface area contributed by atoms with Crippen molar-refractivity contribution in [1.29, 1.82) is 0 Å². The van der Waals surface area contributed by atoms with Crippen molar-refractivity contribution in [2.45, 2.75) is 32.0 Å². The third-order valence-corrected chi connectivity index (χ3v) is 2.61. The summed E-state index contributed by atoms with van der Waals surface area (Å²) in [5.41, 5.74) is -1.07. The first-order chi connectivity index (χ1) is 5.86. The molecule has 1 fully saturated rings. The van der Waals surface area contributed by atoms with Crippen molar-refractivity contribution in [2.75, 3.05) is 13.2 Å². The maximum Gasteiger partial charge on any atom is 0.414 e. The summed E-state index contributed by atoms with van der Waals surface area (Å²) in [6, 6.07) is 0. The zero-order valence-corrected chi connectivity index (χ0v) is 7.40. The van der Waals surface area contributed by atoms with Crippen molar-refractivity contribution in [1.82, 2.24) is 0 Å². The highest BCUT2D eigenvalue weighted by Crippen LogP contribution is 2.40. The fourth-order valence-corrected chi connectivity index (χ4v) is 1.51. The van der Waals surface area contributed by atoms with Crippen molar-refractivity contribution in [3.05, 3.63) is 0 Å². The number of aliphatic hydroxyl groups excluding tert-OH is 1. The molecule has 1 rings (SSSR count). The topological polar surface area (TPSA) is 29.5 Å². The molecule has 5 heteroatoms. The Bertz CT molecular complexity index is 173. The number of rotatable bonds is 1. The van der Waals surface area contributed by atoms with Crippen LogP contribution in [-0.4, -0.2) is 30.6 Å². The van der Waals surface area contributed by atoms with Gasteiger partial charge in [-0.3, -0.25) is 0 Å². The van der Waals surface area contributed by atoms with E-state index in [1.54, 1.807) is 0 Å². The van der Waals surface area contributed by atoms with Crippen molar-refractivity contribution < 1.29 is 23.0 Å². The summed E-state index contributed by atoms with van der Waals surface area (Å²) in [6.07, 6.45) is -6.24. The molecule has 2 nitrogen and oxygen atoms in total. The lowest BCUT2D eigenvalue weighted by Crippen LogP contribution is -2.46. The lowest BCUT2D eigenvalue weighted by Gasteiger charge is -2.38. The van der Waals surface area contributed by atoms with Crippen LogP contribution in [-0.2, 0) is 4.74 Å². The quantitative estimate of drug-likeness (QED) is 0.695. The van der Waals surface area contributed by atoms with E-state index in [2.05, 4.69) is 0 Å². The van der Waals surface area contributed by atoms with Gasteiger partial charge in [0.1, 0.15) is 0 Å². The van der Waals surface area contributed by atoms with Crippen LogP contribution in [0.3, 0.4) is 0 Å². The first-order valence-electron chi connectivity index (χ1n) is 4.19. The van der Waals surface area contributed by atoms with Crippen LogP contribution in [0.5, 0.6) is 0 Å². The van der Waals surface area contributed by atoms with Crippen molar-refractivity contribution >= 4 is 0 Å². The number of alkyl halides is 3. The van der Waals surface area contributed by atoms with E-state index in [4.69, 9.17) is 9.84 Å². The van der Waals surface area contributed by atoms with Crippen LogP contribution in [0.2, 0.25) is 0 Å². The summed E-state index contributed by atoms with van der Waals surface area (Å²) >= 11 is 0. The van der Waals surface area contributed by atoms with Gasteiger partial charge in [0.25, 0.3) is 0 Å². The molecule has 1 N–H and O–H groups in total. The SMILES string of the molecule is CC1(C(O)C(F)(F)F)CCOCC1. The van der Waals surface area contributed by atoms with E-state index in [0.717, 1.165) is 0 Å². The first kappa shape index (κ1) is 10.8. The highest BCUT2D eigenvalue weighted by atomic mass is 19.4. The molecule has 0 radical (unpaired) electrons. The molecule has 1 atom stereocenters. The van der Waals surface area contributed by atoms with Gasteiger partial charge in [0.05, 0.1) is 0 Å². The molecule has 1 unspecified atom stereocenters. The molecule has 0 spiro atoms. The average Bonchev–Trinajstić information content (AvgIpc) is 2.03. The molecule has 0 aromatic heterocycles. The Hall–Kier alpha value is -0.290. The fraction of sp³-hybridized carbons (Fsp3) is 1.00. The van der Waals surface area contributed by atoms with Gasteiger partial charge >= 0.3 is 6.18 Å². The summed E-state index contributed by atoms with van der Waals surface area (Å²) in [6.45, 7) is 2.04. The number of hydrogen-bond donors (Lipinski definition) is 1. The molecular formula is C8H13F3O2. The Kier molecular flexibility index (Phi) is 2.87. The van der Waals surface area contributed by atoms with Crippen LogP contribution < -0.4 is 0 Å². The van der Waals surface area contributed by atoms with E-state index in [9.17, 15) is 13.2 Å². The highest BCUT2D eigenvalue weighted by molar-refractivity contribution is 4.88. The Morgan fingerprint density at radius 1 is 1.31 bits per heavy atom. The minimum atomic E-state index is -4.52. The second kappa shape index (κ2) is 3.46. The Labute approximate surface area is 74.7 Å². The van der Waals surface area contributed by atoms with E-state index in [0.29, 0.717) is 13.2 Å². The number of ether oxygens (including phenoxy) is 1. The van der Waals surface area contributed by atoms with Crippen LogP contribution in [0.25, 0.3) is 0 Å². The second-order valence-corrected chi connectivity index (χ2v) is 3.71. The molecule has 0 aliphatic carbocycles. The van der Waals surface area contributed by atoms with Crippen LogP contribution in [0.4, 0.5) is 13.2 Å². The number of hydrogen-bond acceptors (Lipinski definition) is 2. The van der Waals surface area contributed by atoms with Crippen LogP contribution in [0.1, 0.15) is 19.8 Å². The second-order valence-electron chi connectivity index (χ2n) is 3.71. The predicted molar refractivity (Wildman–Crippen MR) is 40.2 cm³/mol. The lowest BCUT2D eigenvalue weighted by atomic mass is 9.77. The molecule has 0 aromatic rings. The van der Waals surface area contributed by atoms with Gasteiger partial charge in [-0.15, -0.1) is 0 Å². The van der Waals surface area contributed by atoms with Gasteiger partial charge < -0.3 is 9.84 Å². The summed E-state index contributed by atoms with van der Waals surface area (Å²) in [5, 5.41) is 9.09. The zero-order chi connectivity index (χ0) is 10.1. The summed E-state index contributed by atoms with van der Waals surface area (Å²) in [5.74, 6) is 0. The van der Waals surface area contributed by atoms with Gasteiger partial charge in [-0.25, -0.2) is 0 Å². The zero-order valence-electron chi connectivity index (χ0n) is 7.40. The molecule has 1 heterocycles. The normalized spacial score (nSPS) is 25.6. The van der Waals surface area contributed by atoms with E-state index < -0.39 is 17.7 Å². The molecule has 0 amide bonds. The molecule has 0 bridgehead atoms. The maximum atomic E-state index is 12.2. The highest BCUT2D eigenvalue weighted by Gasteiger charge is 2.50. The first-order valence-corrected chi connectivity index (χ1v) is 4.19. The molecule has 13 heavy (non-hydrogen) atoms. The van der Waals surface area contributed by atoms with E-state index >= 15 is 0 Å². The van der Waals surface area contributed by atoms with E-state index in [1.165, 1.54) is 6.92 Å². The molecule has 0 saturated carbocycles. The molecule has 78 valence electrons. The monoisotopic (exact) mass is 198 g/mol. The summed E-state index contributed by atoms with van der Waals surface area (Å²) in [4.78, 5) is 0. The number of aliphatic hydroxyl groups is 1. The largest absolute Gasteiger partial charge is 0.414 e. The van der Waals surface area contributed by atoms with Crippen LogP contribution >= 0.6 is 0 Å². The Morgan fingerprint density at radius 2 is 1.77 bits per heavy atom. The minimum absolute atomic E-state index is 0.258. The standard InChI is InChI=1S/C8H13F3O2/c1-7(2-4-13-5-3-7)6(12)8(9,10)11/h6,12H,2-5H2,1H3. The molecule has 1 aliphatic heterocycles. The van der Waals surface area contributed by atoms with E-state index in [-0.39, 0.29) is 12.8 Å². The average molecular weight is 198 g/mol. The van der Waals surface area contributed by atoms with E-state index in [1.807, 2.05) is 0 Å². The third-order valence-electron chi connectivity index (χ3n) is 2.61. The van der Waals surface area contributed by atoms with Gasteiger partial charge in [-0.05, 0) is 12.8 Å². The van der Waals surface area contributed by atoms with Crippen LogP contribution in [0.15, 0.2) is 0 Å².